The second kappa shape index (κ2) is 23.5. The molecule has 25 nitrogen and oxygen atoms in total. The summed E-state index contributed by atoms with van der Waals surface area (Å²) in [4.78, 5) is 122. The number of rotatable bonds is 21. The number of benzene rings is 1. The number of halogens is 1. The van der Waals surface area contributed by atoms with E-state index in [4.69, 9.17) is 24.9 Å². The van der Waals surface area contributed by atoms with E-state index in [-0.39, 0.29) is 69.8 Å². The van der Waals surface area contributed by atoms with Crippen LogP contribution in [0.1, 0.15) is 113 Å². The third kappa shape index (κ3) is 11.8. The maximum atomic E-state index is 15.5. The second-order valence-electron chi connectivity index (χ2n) is 21.2. The van der Waals surface area contributed by atoms with Gasteiger partial charge in [-0.1, -0.05) is 20.8 Å². The van der Waals surface area contributed by atoms with Gasteiger partial charge in [0.05, 0.1) is 66.7 Å². The number of nitrogens with two attached hydrogens (primary N) is 1. The molecule has 3 aliphatic heterocycles. The lowest BCUT2D eigenvalue weighted by atomic mass is 9.81. The fourth-order valence-electron chi connectivity index (χ4n) is 10.3. The summed E-state index contributed by atoms with van der Waals surface area (Å²) in [6, 6.07) is -1.52. The van der Waals surface area contributed by atoms with E-state index in [0.29, 0.717) is 51.8 Å². The molecule has 9 atom stereocenters. The van der Waals surface area contributed by atoms with Crippen LogP contribution in [0.3, 0.4) is 0 Å². The van der Waals surface area contributed by atoms with E-state index in [9.17, 15) is 58.5 Å². The molecule has 1 saturated heterocycles. The second-order valence-corrected chi connectivity index (χ2v) is 21.2. The average molecular weight is 1090 g/mol. The van der Waals surface area contributed by atoms with Gasteiger partial charge in [0.25, 0.3) is 5.56 Å². The van der Waals surface area contributed by atoms with Gasteiger partial charge in [0.2, 0.25) is 35.4 Å². The maximum absolute atomic E-state index is 15.5. The molecule has 26 heteroatoms. The Morgan fingerprint density at radius 1 is 0.974 bits per heavy atom. The highest BCUT2D eigenvalue weighted by Crippen LogP contribution is 2.46. The van der Waals surface area contributed by atoms with Crippen LogP contribution in [0.2, 0.25) is 0 Å². The van der Waals surface area contributed by atoms with Crippen molar-refractivity contribution in [1.82, 2.24) is 41.5 Å². The monoisotopic (exact) mass is 1090 g/mol. The van der Waals surface area contributed by atoms with Crippen LogP contribution in [0.5, 0.6) is 0 Å². The number of nitrogens with zero attached hydrogens (tertiary/aromatic N) is 2. The van der Waals surface area contributed by atoms with Crippen LogP contribution in [0.15, 0.2) is 16.9 Å². The number of primary amides is 1. The lowest BCUT2D eigenvalue weighted by Crippen LogP contribution is -2.58. The van der Waals surface area contributed by atoms with Crippen molar-refractivity contribution in [3.63, 3.8) is 0 Å². The Labute approximate surface area is 447 Å². The van der Waals surface area contributed by atoms with Gasteiger partial charge < -0.3 is 76.5 Å². The summed E-state index contributed by atoms with van der Waals surface area (Å²) < 4.78 is 38.1. The zero-order valence-corrected chi connectivity index (χ0v) is 44.6. The van der Waals surface area contributed by atoms with Crippen LogP contribution >= 0.6 is 0 Å². The van der Waals surface area contributed by atoms with Crippen molar-refractivity contribution in [3.8, 4) is 11.4 Å². The molecule has 5 heterocycles. The SMILES string of the molecule is CC[C@@]1(O)C(=O)OCc2c1cc1n(c2=O)Cc2c-1nc1cc(F)c(C)c3c1c2[C@@H](NC(=O)C(C)(C)COCNC(=O)[C@H](C)NC(=O)[C@@H](NC(=O)[C@H](CCC(=O)NC[C@@H]1O[C@H](CC(N)=O)[C@@H](O)[C@H]1O)NC(=O)OC)C(C)C)CC3. The van der Waals surface area contributed by atoms with Crippen LogP contribution in [-0.4, -0.2) is 142 Å². The van der Waals surface area contributed by atoms with Gasteiger partial charge in [0, 0.05) is 35.5 Å². The molecule has 7 rings (SSSR count). The lowest BCUT2D eigenvalue weighted by molar-refractivity contribution is -0.172. The number of amides is 7. The third-order valence-electron chi connectivity index (χ3n) is 14.9. The number of nitrogens with one attached hydrogen (secondary N) is 6. The first-order valence-electron chi connectivity index (χ1n) is 25.7. The van der Waals surface area contributed by atoms with Crippen molar-refractivity contribution in [3.05, 3.63) is 61.7 Å². The quantitative estimate of drug-likeness (QED) is 0.0282. The highest BCUT2D eigenvalue weighted by atomic mass is 19.1. The molecule has 2 aromatic heterocycles. The molecule has 4 aliphatic rings. The zero-order chi connectivity index (χ0) is 57.3. The molecular weight excluding hydrogens is 1030 g/mol. The maximum Gasteiger partial charge on any atom is 0.407 e. The highest BCUT2D eigenvalue weighted by molar-refractivity contribution is 5.96. The van der Waals surface area contributed by atoms with E-state index in [1.165, 1.54) is 17.6 Å². The molecule has 0 spiro atoms. The molecule has 78 heavy (non-hydrogen) atoms. The Hall–Kier alpha value is -7.13. The minimum absolute atomic E-state index is 0.0503. The topological polar surface area (TPSA) is 367 Å². The third-order valence-corrected chi connectivity index (χ3v) is 14.9. The number of carbonyl (C=O) groups is 8. The molecule has 1 fully saturated rings. The van der Waals surface area contributed by atoms with E-state index in [2.05, 4.69) is 36.6 Å². The molecule has 0 radical (unpaired) electrons. The number of aryl methyl sites for hydroxylation is 1. The van der Waals surface area contributed by atoms with E-state index in [0.717, 1.165) is 12.7 Å². The molecule has 1 aliphatic carbocycles. The van der Waals surface area contributed by atoms with Crippen LogP contribution in [0.4, 0.5) is 9.18 Å². The van der Waals surface area contributed by atoms with Crippen molar-refractivity contribution in [2.75, 3.05) is 27.0 Å². The number of hydrogen-bond acceptors (Lipinski definition) is 17. The molecular formula is C52H68FN9O16. The Morgan fingerprint density at radius 2 is 1.68 bits per heavy atom. The van der Waals surface area contributed by atoms with Crippen molar-refractivity contribution in [2.45, 2.75) is 154 Å². The number of aliphatic hydroxyl groups excluding tert-OH is 2. The molecule has 7 amide bonds. The summed E-state index contributed by atoms with van der Waals surface area (Å²) in [6.07, 6.45) is -6.24. The zero-order valence-electron chi connectivity index (χ0n) is 44.6. The van der Waals surface area contributed by atoms with Gasteiger partial charge in [-0.3, -0.25) is 33.6 Å². The van der Waals surface area contributed by atoms with Crippen LogP contribution in [0.25, 0.3) is 22.3 Å². The number of cyclic esters (lactones) is 1. The number of carbonyl (C=O) groups excluding carboxylic acids is 8. The molecule has 0 saturated carbocycles. The largest absolute Gasteiger partial charge is 0.458 e. The molecule has 1 aromatic carbocycles. The first-order chi connectivity index (χ1) is 36.7. The van der Waals surface area contributed by atoms with E-state index >= 15 is 4.39 Å². The number of esters is 1. The van der Waals surface area contributed by atoms with E-state index in [1.54, 1.807) is 47.6 Å². The van der Waals surface area contributed by atoms with Gasteiger partial charge in [0.1, 0.15) is 55.6 Å². The van der Waals surface area contributed by atoms with Gasteiger partial charge in [-0.2, -0.15) is 0 Å². The van der Waals surface area contributed by atoms with Gasteiger partial charge in [0.15, 0.2) is 5.60 Å². The molecule has 11 N–H and O–H groups in total. The lowest BCUT2D eigenvalue weighted by Gasteiger charge is -2.32. The molecule has 0 bridgehead atoms. The minimum Gasteiger partial charge on any atom is -0.458 e. The van der Waals surface area contributed by atoms with E-state index in [1.807, 2.05) is 0 Å². The summed E-state index contributed by atoms with van der Waals surface area (Å²) in [6.45, 7) is 10.1. The number of aromatic nitrogens is 2. The Morgan fingerprint density at radius 3 is 2.35 bits per heavy atom. The number of pyridine rings is 2. The first kappa shape index (κ1) is 58.6. The summed E-state index contributed by atoms with van der Waals surface area (Å²) in [5.74, 6) is -5.98. The number of alkyl carbamates (subject to hydrolysis) is 1. The van der Waals surface area contributed by atoms with Gasteiger partial charge >= 0.3 is 12.1 Å². The Kier molecular flexibility index (Phi) is 17.6. The predicted molar refractivity (Wildman–Crippen MR) is 272 cm³/mol. The Bertz CT molecular complexity index is 2980. The van der Waals surface area contributed by atoms with E-state index < -0.39 is 124 Å². The summed E-state index contributed by atoms with van der Waals surface area (Å²) in [7, 11) is 1.06. The first-order valence-corrected chi connectivity index (χ1v) is 25.7. The predicted octanol–water partition coefficient (Wildman–Crippen LogP) is -0.622. The van der Waals surface area contributed by atoms with Crippen molar-refractivity contribution in [1.29, 1.82) is 0 Å². The van der Waals surface area contributed by atoms with Crippen molar-refractivity contribution >= 4 is 58.4 Å². The summed E-state index contributed by atoms with van der Waals surface area (Å²) in [5, 5.41) is 48.2. The molecule has 0 unspecified atom stereocenters. The number of methoxy groups -OCH3 is 1. The number of aliphatic hydroxyl groups is 3. The fourth-order valence-corrected chi connectivity index (χ4v) is 10.3. The number of ether oxygens (including phenoxy) is 4. The summed E-state index contributed by atoms with van der Waals surface area (Å²) >= 11 is 0. The van der Waals surface area contributed by atoms with Crippen molar-refractivity contribution in [2.24, 2.45) is 17.1 Å². The number of hydrogen-bond donors (Lipinski definition) is 10. The summed E-state index contributed by atoms with van der Waals surface area (Å²) in [5.41, 5.74) is 5.16. The standard InChI is InChI=1S/C52H68FN9O16/c1-9-52(74)28-14-33-41-26(18-62(33)47(70)27(28)19-77-49(52)72)39-30(11-10-25-23(4)29(53)15-32(58-41)38(25)39)59-48(71)51(6,7)20-76-21-56-44(67)24(5)57-46(69)40(22(2)3)61-45(68)31(60-50(73)75-8)12-13-37(64)55-17-35-43(66)42(65)34(78-35)16-36(54)63/h14-15,22,24,30-31,34-35,40,42-43,65-66,74H,9-13,16-21H2,1-8H3,(H2,54,63)(H,55,64)(H,56,67)(H,57,69)(H,59,71)(H,60,73)(H,61,68)/t24-,30-,31-,34+,35-,40-,42+,43-,52-/m0/s1. The number of fused-ring (bicyclic) bond motifs is 5. The highest BCUT2D eigenvalue weighted by Gasteiger charge is 2.47. The normalized spacial score (nSPS) is 22.2. The molecule has 3 aromatic rings. The van der Waals surface area contributed by atoms with Crippen LogP contribution in [-0.2, 0) is 77.7 Å². The minimum atomic E-state index is -2.06. The average Bonchev–Trinajstić information content (AvgIpc) is 4.07. The van der Waals surface area contributed by atoms with Gasteiger partial charge in [-0.15, -0.1) is 0 Å². The van der Waals surface area contributed by atoms with Crippen molar-refractivity contribution < 1.29 is 77.0 Å². The fraction of sp³-hybridized carbons (Fsp3) is 0.577. The molecule has 424 valence electrons. The van der Waals surface area contributed by atoms with Gasteiger partial charge in [-0.25, -0.2) is 19.0 Å². The van der Waals surface area contributed by atoms with Gasteiger partial charge in [-0.05, 0) is 82.1 Å². The van der Waals surface area contributed by atoms with Crippen LogP contribution in [0, 0.1) is 24.1 Å². The Balaban J connectivity index is 0.938. The smallest absolute Gasteiger partial charge is 0.407 e. The van der Waals surface area contributed by atoms with Crippen LogP contribution < -0.4 is 43.2 Å².